The van der Waals surface area contributed by atoms with Crippen molar-refractivity contribution in [1.82, 2.24) is 0 Å². The Morgan fingerprint density at radius 1 is 0.758 bits per heavy atom. The number of nitrogens with zero attached hydrogens (tertiary/aromatic N) is 2. The summed E-state index contributed by atoms with van der Waals surface area (Å²) in [6.45, 7) is 0.263. The molecule has 5 rings (SSSR count). The molecule has 0 spiro atoms. The van der Waals surface area contributed by atoms with Crippen molar-refractivity contribution in [3.05, 3.63) is 132 Å². The molecule has 4 heteroatoms. The second kappa shape index (κ2) is 9.53. The Balaban J connectivity index is 1.52. The van der Waals surface area contributed by atoms with Crippen LogP contribution in [0.2, 0.25) is 0 Å². The average Bonchev–Trinajstić information content (AvgIpc) is 2.89. The molecule has 4 aromatic carbocycles. The fraction of sp³-hybridized carbons (Fsp3) is 0.103. The number of ether oxygens (including phenoxy) is 1. The number of rotatable bonds is 6. The highest BCUT2D eigenvalue weighted by atomic mass is 16.5. The highest BCUT2D eigenvalue weighted by Crippen LogP contribution is 2.41. The second-order valence-corrected chi connectivity index (χ2v) is 7.93. The lowest BCUT2D eigenvalue weighted by Crippen LogP contribution is -2.39. The summed E-state index contributed by atoms with van der Waals surface area (Å²) in [5, 5.41) is 0. The zero-order valence-electron chi connectivity index (χ0n) is 18.2. The van der Waals surface area contributed by atoms with E-state index in [-0.39, 0.29) is 25.0 Å². The molecule has 0 amide bonds. The minimum atomic E-state index is -0.242. The maximum Gasteiger partial charge on any atom is 0.308 e. The van der Waals surface area contributed by atoms with E-state index in [9.17, 15) is 4.79 Å². The van der Waals surface area contributed by atoms with E-state index in [4.69, 9.17) is 9.73 Å². The molecule has 0 aliphatic carbocycles. The minimum absolute atomic E-state index is 0.213. The SMILES string of the molecule is O=C(CC1c2ccccc2N=C(c2ccccc2)N1c1ccccc1)OCc1ccccc1. The number of hydrogen-bond donors (Lipinski definition) is 0. The number of fused-ring (bicyclic) bond motifs is 1. The molecule has 1 atom stereocenters. The van der Waals surface area contributed by atoms with E-state index < -0.39 is 0 Å². The maximum absolute atomic E-state index is 13.0. The Bertz CT molecular complexity index is 1250. The van der Waals surface area contributed by atoms with E-state index in [1.165, 1.54) is 0 Å². The van der Waals surface area contributed by atoms with Crippen LogP contribution in [0.5, 0.6) is 0 Å². The maximum atomic E-state index is 13.0. The van der Waals surface area contributed by atoms with Crippen LogP contribution in [0.1, 0.15) is 29.2 Å². The van der Waals surface area contributed by atoms with E-state index in [0.717, 1.165) is 33.9 Å². The molecule has 1 aliphatic heterocycles. The molecule has 4 aromatic rings. The predicted molar refractivity (Wildman–Crippen MR) is 132 cm³/mol. The summed E-state index contributed by atoms with van der Waals surface area (Å²) in [4.78, 5) is 20.2. The normalized spacial score (nSPS) is 14.8. The highest BCUT2D eigenvalue weighted by Gasteiger charge is 2.33. The predicted octanol–water partition coefficient (Wildman–Crippen LogP) is 6.46. The van der Waals surface area contributed by atoms with Gasteiger partial charge >= 0.3 is 5.97 Å². The van der Waals surface area contributed by atoms with Gasteiger partial charge < -0.3 is 9.64 Å². The molecular formula is C29H24N2O2. The first-order chi connectivity index (χ1) is 16.3. The summed E-state index contributed by atoms with van der Waals surface area (Å²) >= 11 is 0. The van der Waals surface area contributed by atoms with Crippen molar-refractivity contribution in [2.75, 3.05) is 4.90 Å². The van der Waals surface area contributed by atoms with Crippen molar-refractivity contribution >= 4 is 23.2 Å². The van der Waals surface area contributed by atoms with Gasteiger partial charge in [0.25, 0.3) is 0 Å². The average molecular weight is 433 g/mol. The molecule has 1 unspecified atom stereocenters. The second-order valence-electron chi connectivity index (χ2n) is 7.93. The summed E-state index contributed by atoms with van der Waals surface area (Å²) in [5.74, 6) is 0.579. The number of aliphatic imine (C=N–C) groups is 1. The van der Waals surface area contributed by atoms with Gasteiger partial charge in [0, 0.05) is 16.8 Å². The van der Waals surface area contributed by atoms with Gasteiger partial charge in [-0.15, -0.1) is 0 Å². The van der Waals surface area contributed by atoms with Gasteiger partial charge in [0.15, 0.2) is 0 Å². The third-order valence-electron chi connectivity index (χ3n) is 5.73. The molecule has 0 fully saturated rings. The number of carbonyl (C=O) groups excluding carboxylic acids is 1. The van der Waals surface area contributed by atoms with Gasteiger partial charge in [-0.1, -0.05) is 97.1 Å². The molecule has 4 nitrogen and oxygen atoms in total. The highest BCUT2D eigenvalue weighted by molar-refractivity contribution is 6.13. The number of para-hydroxylation sites is 2. The summed E-state index contributed by atoms with van der Waals surface area (Å²) in [6, 6.07) is 37.7. The van der Waals surface area contributed by atoms with Crippen LogP contribution in [0.3, 0.4) is 0 Å². The summed E-state index contributed by atoms with van der Waals surface area (Å²) in [7, 11) is 0. The third-order valence-corrected chi connectivity index (χ3v) is 5.73. The lowest BCUT2D eigenvalue weighted by Gasteiger charge is -2.38. The van der Waals surface area contributed by atoms with Crippen LogP contribution in [0.4, 0.5) is 11.4 Å². The monoisotopic (exact) mass is 432 g/mol. The Kier molecular flexibility index (Phi) is 5.98. The van der Waals surface area contributed by atoms with Crippen LogP contribution >= 0.6 is 0 Å². The lowest BCUT2D eigenvalue weighted by atomic mass is 9.95. The Hall–Kier alpha value is -4.18. The van der Waals surface area contributed by atoms with E-state index in [0.29, 0.717) is 0 Å². The first-order valence-electron chi connectivity index (χ1n) is 11.1. The fourth-order valence-corrected chi connectivity index (χ4v) is 4.16. The number of benzene rings is 4. The van der Waals surface area contributed by atoms with Gasteiger partial charge in [-0.3, -0.25) is 4.79 Å². The van der Waals surface area contributed by atoms with E-state index in [1.807, 2.05) is 103 Å². The van der Waals surface area contributed by atoms with Crippen LogP contribution < -0.4 is 4.90 Å². The zero-order valence-corrected chi connectivity index (χ0v) is 18.2. The molecule has 1 heterocycles. The van der Waals surface area contributed by atoms with E-state index in [1.54, 1.807) is 0 Å². The van der Waals surface area contributed by atoms with Gasteiger partial charge in [-0.05, 0) is 23.8 Å². The van der Waals surface area contributed by atoms with Gasteiger partial charge in [-0.25, -0.2) is 4.99 Å². The molecule has 0 aromatic heterocycles. The van der Waals surface area contributed by atoms with Crippen molar-refractivity contribution in [3.63, 3.8) is 0 Å². The Morgan fingerprint density at radius 3 is 2.09 bits per heavy atom. The summed E-state index contributed by atoms with van der Waals surface area (Å²) in [6.07, 6.45) is 0.213. The summed E-state index contributed by atoms with van der Waals surface area (Å²) < 4.78 is 5.67. The number of carbonyl (C=O) groups is 1. The molecular weight excluding hydrogens is 408 g/mol. The van der Waals surface area contributed by atoms with Gasteiger partial charge in [-0.2, -0.15) is 0 Å². The molecule has 33 heavy (non-hydrogen) atoms. The van der Waals surface area contributed by atoms with E-state index in [2.05, 4.69) is 17.0 Å². The lowest BCUT2D eigenvalue weighted by molar-refractivity contribution is -0.145. The number of amidine groups is 1. The quantitative estimate of drug-likeness (QED) is 0.328. The smallest absolute Gasteiger partial charge is 0.308 e. The first kappa shape index (κ1) is 20.7. The third kappa shape index (κ3) is 4.55. The topological polar surface area (TPSA) is 41.9 Å². The van der Waals surface area contributed by atoms with Gasteiger partial charge in [0.2, 0.25) is 0 Å². The number of esters is 1. The first-order valence-corrected chi connectivity index (χ1v) is 11.1. The molecule has 0 saturated carbocycles. The van der Waals surface area contributed by atoms with Crippen molar-refractivity contribution in [2.24, 2.45) is 4.99 Å². The molecule has 1 aliphatic rings. The Labute approximate surface area is 193 Å². The fourth-order valence-electron chi connectivity index (χ4n) is 4.16. The molecule has 0 radical (unpaired) electrons. The van der Waals surface area contributed by atoms with E-state index >= 15 is 0 Å². The van der Waals surface area contributed by atoms with Gasteiger partial charge in [0.05, 0.1) is 18.2 Å². The van der Waals surface area contributed by atoms with Crippen LogP contribution in [0, 0.1) is 0 Å². The van der Waals surface area contributed by atoms with Crippen molar-refractivity contribution < 1.29 is 9.53 Å². The zero-order chi connectivity index (χ0) is 22.5. The van der Waals surface area contributed by atoms with Crippen LogP contribution in [-0.4, -0.2) is 11.8 Å². The summed E-state index contributed by atoms with van der Waals surface area (Å²) in [5.41, 5.74) is 4.84. The largest absolute Gasteiger partial charge is 0.461 e. The van der Waals surface area contributed by atoms with Crippen molar-refractivity contribution in [3.8, 4) is 0 Å². The molecule has 0 N–H and O–H groups in total. The van der Waals surface area contributed by atoms with Crippen LogP contribution in [0.15, 0.2) is 120 Å². The van der Waals surface area contributed by atoms with Crippen LogP contribution in [-0.2, 0) is 16.1 Å². The van der Waals surface area contributed by atoms with Crippen LogP contribution in [0.25, 0.3) is 0 Å². The van der Waals surface area contributed by atoms with Gasteiger partial charge in [0.1, 0.15) is 12.4 Å². The molecule has 0 saturated heterocycles. The minimum Gasteiger partial charge on any atom is -0.461 e. The molecule has 162 valence electrons. The Morgan fingerprint density at radius 2 is 1.36 bits per heavy atom. The number of hydrogen-bond acceptors (Lipinski definition) is 4. The number of anilines is 1. The van der Waals surface area contributed by atoms with Crippen molar-refractivity contribution in [1.29, 1.82) is 0 Å². The molecule has 0 bridgehead atoms. The standard InChI is InChI=1S/C29H24N2O2/c32-28(33-21-22-12-4-1-5-13-22)20-27-25-18-10-11-19-26(25)30-29(23-14-6-2-7-15-23)31(27)24-16-8-3-9-17-24/h1-19,27H,20-21H2. The van der Waals surface area contributed by atoms with Crippen molar-refractivity contribution in [2.45, 2.75) is 19.1 Å².